The van der Waals surface area contributed by atoms with Gasteiger partial charge in [-0.05, 0) is 43.5 Å². The Kier molecular flexibility index (Phi) is 4.31. The molecule has 1 aliphatic rings. The van der Waals surface area contributed by atoms with E-state index in [2.05, 4.69) is 11.8 Å². The van der Waals surface area contributed by atoms with Gasteiger partial charge in [0.2, 0.25) is 0 Å². The summed E-state index contributed by atoms with van der Waals surface area (Å²) in [5, 5.41) is 1.53. The molecule has 1 aliphatic heterocycles. The quantitative estimate of drug-likeness (QED) is 0.895. The summed E-state index contributed by atoms with van der Waals surface area (Å²) in [6.07, 6.45) is 2.11. The van der Waals surface area contributed by atoms with Crippen LogP contribution in [0.1, 0.15) is 25.3 Å². The first-order valence-electron chi connectivity index (χ1n) is 6.00. The Morgan fingerprint density at radius 1 is 1.41 bits per heavy atom. The van der Waals surface area contributed by atoms with Gasteiger partial charge in [-0.25, -0.2) is 0 Å². The van der Waals surface area contributed by atoms with E-state index in [1.165, 1.54) is 0 Å². The highest BCUT2D eigenvalue weighted by atomic mass is 35.5. The molecule has 2 atom stereocenters. The second-order valence-corrected chi connectivity index (χ2v) is 5.68. The van der Waals surface area contributed by atoms with Crippen molar-refractivity contribution in [2.45, 2.75) is 38.4 Å². The predicted molar refractivity (Wildman–Crippen MR) is 73.5 cm³/mol. The van der Waals surface area contributed by atoms with Crippen molar-refractivity contribution in [1.82, 2.24) is 4.90 Å². The van der Waals surface area contributed by atoms with Crippen molar-refractivity contribution in [3.8, 4) is 0 Å². The molecule has 1 fully saturated rings. The van der Waals surface area contributed by atoms with Crippen LogP contribution >= 0.6 is 23.2 Å². The van der Waals surface area contributed by atoms with Crippen molar-refractivity contribution < 1.29 is 0 Å². The molecule has 0 aromatic heterocycles. The Morgan fingerprint density at radius 3 is 2.88 bits per heavy atom. The van der Waals surface area contributed by atoms with Crippen molar-refractivity contribution >= 4 is 23.2 Å². The number of rotatable bonds is 2. The third-order valence-corrected chi connectivity index (χ3v) is 4.04. The first kappa shape index (κ1) is 13.2. The number of halogens is 2. The number of nitrogens with two attached hydrogens (primary N) is 1. The summed E-state index contributed by atoms with van der Waals surface area (Å²) in [7, 11) is 0. The molecule has 1 aromatic carbocycles. The molecule has 94 valence electrons. The molecule has 1 saturated heterocycles. The fourth-order valence-electron chi connectivity index (χ4n) is 2.38. The third kappa shape index (κ3) is 3.35. The summed E-state index contributed by atoms with van der Waals surface area (Å²) in [5.41, 5.74) is 7.06. The molecule has 2 rings (SSSR count). The van der Waals surface area contributed by atoms with Gasteiger partial charge in [-0.2, -0.15) is 0 Å². The Balaban J connectivity index is 2.07. The number of likely N-dealkylation sites (tertiary alicyclic amines) is 1. The van der Waals surface area contributed by atoms with Crippen LogP contribution in [-0.2, 0) is 6.54 Å². The van der Waals surface area contributed by atoms with Crippen LogP contribution in [0.4, 0.5) is 0 Å². The zero-order chi connectivity index (χ0) is 12.4. The molecule has 1 heterocycles. The lowest BCUT2D eigenvalue weighted by Crippen LogP contribution is -2.44. The largest absolute Gasteiger partial charge is 0.328 e. The van der Waals surface area contributed by atoms with E-state index in [1.54, 1.807) is 0 Å². The van der Waals surface area contributed by atoms with Gasteiger partial charge in [-0.1, -0.05) is 23.2 Å². The van der Waals surface area contributed by atoms with Gasteiger partial charge in [0.15, 0.2) is 0 Å². The van der Waals surface area contributed by atoms with Crippen molar-refractivity contribution in [2.24, 2.45) is 5.73 Å². The van der Waals surface area contributed by atoms with Crippen LogP contribution in [0.25, 0.3) is 0 Å². The maximum atomic E-state index is 6.18. The van der Waals surface area contributed by atoms with Gasteiger partial charge in [0.1, 0.15) is 0 Å². The molecule has 0 spiro atoms. The second kappa shape index (κ2) is 5.57. The van der Waals surface area contributed by atoms with E-state index in [1.807, 2.05) is 18.2 Å². The van der Waals surface area contributed by atoms with Crippen molar-refractivity contribution in [1.29, 1.82) is 0 Å². The minimum Gasteiger partial charge on any atom is -0.328 e. The van der Waals surface area contributed by atoms with E-state index < -0.39 is 0 Å². The number of hydrogen-bond donors (Lipinski definition) is 1. The smallest absolute Gasteiger partial charge is 0.0452 e. The first-order chi connectivity index (χ1) is 8.06. The van der Waals surface area contributed by atoms with Crippen molar-refractivity contribution in [3.05, 3.63) is 33.8 Å². The number of hydrogen-bond acceptors (Lipinski definition) is 2. The molecule has 0 amide bonds. The summed E-state index contributed by atoms with van der Waals surface area (Å²) in [5.74, 6) is 0. The number of nitrogens with zero attached hydrogens (tertiary/aromatic N) is 1. The molecule has 1 aromatic rings. The maximum absolute atomic E-state index is 6.18. The highest BCUT2D eigenvalue weighted by Gasteiger charge is 2.23. The van der Waals surface area contributed by atoms with E-state index >= 15 is 0 Å². The SMILES string of the molecule is CC1CC(N)CCN1Cc1cc(Cl)ccc1Cl. The highest BCUT2D eigenvalue weighted by Crippen LogP contribution is 2.25. The van der Waals surface area contributed by atoms with E-state index in [0.29, 0.717) is 12.1 Å². The lowest BCUT2D eigenvalue weighted by atomic mass is 9.98. The maximum Gasteiger partial charge on any atom is 0.0452 e. The Hall–Kier alpha value is -0.280. The highest BCUT2D eigenvalue weighted by molar-refractivity contribution is 6.33. The summed E-state index contributed by atoms with van der Waals surface area (Å²) < 4.78 is 0. The van der Waals surface area contributed by atoms with E-state index in [9.17, 15) is 0 Å². The predicted octanol–water partition coefficient (Wildman–Crippen LogP) is 3.31. The zero-order valence-electron chi connectivity index (χ0n) is 10.00. The topological polar surface area (TPSA) is 29.3 Å². The van der Waals surface area contributed by atoms with E-state index in [0.717, 1.165) is 41.5 Å². The summed E-state index contributed by atoms with van der Waals surface area (Å²) in [6, 6.07) is 6.48. The first-order valence-corrected chi connectivity index (χ1v) is 6.75. The van der Waals surface area contributed by atoms with Crippen LogP contribution in [0, 0.1) is 0 Å². The lowest BCUT2D eigenvalue weighted by Gasteiger charge is -2.36. The summed E-state index contributed by atoms with van der Waals surface area (Å²) in [6.45, 7) is 4.11. The molecular weight excluding hydrogens is 255 g/mol. The molecule has 4 heteroatoms. The standard InChI is InChI=1S/C13H18Cl2N2/c1-9-6-12(16)4-5-17(9)8-10-7-11(14)2-3-13(10)15/h2-3,7,9,12H,4-6,8,16H2,1H3. The van der Waals surface area contributed by atoms with Gasteiger partial charge in [0.25, 0.3) is 0 Å². The zero-order valence-corrected chi connectivity index (χ0v) is 11.5. The van der Waals surface area contributed by atoms with Crippen LogP contribution in [-0.4, -0.2) is 23.5 Å². The van der Waals surface area contributed by atoms with Gasteiger partial charge in [-0.15, -0.1) is 0 Å². The van der Waals surface area contributed by atoms with Crippen LogP contribution in [0.5, 0.6) is 0 Å². The normalized spacial score (nSPS) is 26.1. The minimum atomic E-state index is 0.344. The van der Waals surface area contributed by atoms with Gasteiger partial charge in [0.05, 0.1) is 0 Å². The van der Waals surface area contributed by atoms with Crippen LogP contribution in [0.2, 0.25) is 10.0 Å². The van der Waals surface area contributed by atoms with Crippen LogP contribution in [0.15, 0.2) is 18.2 Å². The summed E-state index contributed by atoms with van der Waals surface area (Å²) in [4.78, 5) is 2.42. The molecule has 2 unspecified atom stereocenters. The fourth-order valence-corrected chi connectivity index (χ4v) is 2.75. The van der Waals surface area contributed by atoms with Gasteiger partial charge in [0, 0.05) is 35.2 Å². The Morgan fingerprint density at radius 2 is 2.18 bits per heavy atom. The van der Waals surface area contributed by atoms with Crippen molar-refractivity contribution in [3.63, 3.8) is 0 Å². The van der Waals surface area contributed by atoms with E-state index in [4.69, 9.17) is 28.9 Å². The average molecular weight is 273 g/mol. The Labute approximate surface area is 113 Å². The lowest BCUT2D eigenvalue weighted by molar-refractivity contribution is 0.140. The van der Waals surface area contributed by atoms with Crippen molar-refractivity contribution in [2.75, 3.05) is 6.54 Å². The molecule has 2 nitrogen and oxygen atoms in total. The minimum absolute atomic E-state index is 0.344. The third-order valence-electron chi connectivity index (χ3n) is 3.44. The number of benzene rings is 1. The molecule has 17 heavy (non-hydrogen) atoms. The molecule has 0 saturated carbocycles. The molecule has 0 aliphatic carbocycles. The summed E-state index contributed by atoms with van der Waals surface area (Å²) >= 11 is 12.2. The van der Waals surface area contributed by atoms with Crippen LogP contribution in [0.3, 0.4) is 0 Å². The van der Waals surface area contributed by atoms with E-state index in [-0.39, 0.29) is 0 Å². The molecule has 2 N–H and O–H groups in total. The van der Waals surface area contributed by atoms with Gasteiger partial charge >= 0.3 is 0 Å². The monoisotopic (exact) mass is 272 g/mol. The van der Waals surface area contributed by atoms with Gasteiger partial charge < -0.3 is 5.73 Å². The molecular formula is C13H18Cl2N2. The van der Waals surface area contributed by atoms with Crippen LogP contribution < -0.4 is 5.73 Å². The molecule has 0 bridgehead atoms. The number of piperidine rings is 1. The second-order valence-electron chi connectivity index (χ2n) is 4.84. The Bertz CT molecular complexity index is 395. The van der Waals surface area contributed by atoms with Gasteiger partial charge in [-0.3, -0.25) is 4.90 Å². The fraction of sp³-hybridized carbons (Fsp3) is 0.538. The average Bonchev–Trinajstić information content (AvgIpc) is 2.27. The molecule has 0 radical (unpaired) electrons.